The lowest BCUT2D eigenvalue weighted by Crippen LogP contribution is -2.29. The Morgan fingerprint density at radius 2 is 2.23 bits per heavy atom. The van der Waals surface area contributed by atoms with Crippen LogP contribution in [0.25, 0.3) is 0 Å². The van der Waals surface area contributed by atoms with Gasteiger partial charge in [0.2, 0.25) is 0 Å². The predicted octanol–water partition coefficient (Wildman–Crippen LogP) is 0.419. The van der Waals surface area contributed by atoms with Crippen molar-refractivity contribution in [2.24, 2.45) is 5.92 Å². The van der Waals surface area contributed by atoms with Crippen molar-refractivity contribution >= 4 is 5.97 Å². The summed E-state index contributed by atoms with van der Waals surface area (Å²) in [6.45, 7) is 1.40. The van der Waals surface area contributed by atoms with Gasteiger partial charge in [0.15, 0.2) is 6.29 Å². The number of hydrogen-bond acceptors (Lipinski definition) is 4. The number of ether oxygens (including phenoxy) is 1. The molecule has 13 heavy (non-hydrogen) atoms. The van der Waals surface area contributed by atoms with Crippen molar-refractivity contribution in [3.05, 3.63) is 0 Å². The second-order valence-electron chi connectivity index (χ2n) is 3.55. The van der Waals surface area contributed by atoms with Crippen molar-refractivity contribution < 1.29 is 19.7 Å². The molecule has 0 bridgehead atoms. The fourth-order valence-electron chi connectivity index (χ4n) is 1.64. The van der Waals surface area contributed by atoms with E-state index in [-0.39, 0.29) is 12.0 Å². The Morgan fingerprint density at radius 3 is 2.77 bits per heavy atom. The molecule has 0 heterocycles. The van der Waals surface area contributed by atoms with E-state index in [9.17, 15) is 9.90 Å². The molecule has 1 aliphatic carbocycles. The maximum Gasteiger partial charge on any atom is 0.311 e. The highest BCUT2D eigenvalue weighted by atomic mass is 16.6. The molecule has 0 radical (unpaired) electrons. The zero-order chi connectivity index (χ0) is 9.84. The van der Waals surface area contributed by atoms with Crippen LogP contribution in [0.5, 0.6) is 0 Å². The van der Waals surface area contributed by atoms with Gasteiger partial charge in [0, 0.05) is 0 Å². The number of aliphatic hydroxyl groups is 2. The van der Waals surface area contributed by atoms with Gasteiger partial charge >= 0.3 is 5.97 Å². The summed E-state index contributed by atoms with van der Waals surface area (Å²) in [5.41, 5.74) is 0. The summed E-state index contributed by atoms with van der Waals surface area (Å²) in [6, 6.07) is 0. The van der Waals surface area contributed by atoms with E-state index >= 15 is 0 Å². The standard InChI is InChI=1S/C9H16O4/c1-6(10)13-9(12)7-3-2-4-8(11)5-7/h6-8,10-11H,2-5H2,1H3. The fraction of sp³-hybridized carbons (Fsp3) is 0.889. The van der Waals surface area contributed by atoms with E-state index in [2.05, 4.69) is 4.74 Å². The molecule has 1 aliphatic rings. The monoisotopic (exact) mass is 188 g/mol. The minimum atomic E-state index is -1.05. The highest BCUT2D eigenvalue weighted by Gasteiger charge is 2.27. The second kappa shape index (κ2) is 4.58. The van der Waals surface area contributed by atoms with Crippen LogP contribution in [-0.2, 0) is 9.53 Å². The molecular formula is C9H16O4. The van der Waals surface area contributed by atoms with Crippen molar-refractivity contribution in [3.63, 3.8) is 0 Å². The lowest BCUT2D eigenvalue weighted by molar-refractivity contribution is -0.172. The second-order valence-corrected chi connectivity index (χ2v) is 3.55. The number of carbonyl (C=O) groups excluding carboxylic acids is 1. The molecule has 0 amide bonds. The van der Waals surface area contributed by atoms with Gasteiger partial charge in [0.1, 0.15) is 0 Å². The number of carbonyl (C=O) groups is 1. The van der Waals surface area contributed by atoms with E-state index in [0.29, 0.717) is 6.42 Å². The average molecular weight is 188 g/mol. The van der Waals surface area contributed by atoms with Crippen LogP contribution in [0.2, 0.25) is 0 Å². The van der Waals surface area contributed by atoms with Crippen LogP contribution in [0.15, 0.2) is 0 Å². The van der Waals surface area contributed by atoms with Crippen LogP contribution >= 0.6 is 0 Å². The lowest BCUT2D eigenvalue weighted by Gasteiger charge is -2.24. The van der Waals surface area contributed by atoms with Crippen molar-refractivity contribution in [1.82, 2.24) is 0 Å². The summed E-state index contributed by atoms with van der Waals surface area (Å²) in [7, 11) is 0. The molecule has 3 atom stereocenters. The highest BCUT2D eigenvalue weighted by molar-refractivity contribution is 5.72. The minimum Gasteiger partial charge on any atom is -0.436 e. The van der Waals surface area contributed by atoms with Crippen LogP contribution < -0.4 is 0 Å². The zero-order valence-corrected chi connectivity index (χ0v) is 7.77. The van der Waals surface area contributed by atoms with Crippen LogP contribution in [-0.4, -0.2) is 28.6 Å². The van der Waals surface area contributed by atoms with Gasteiger partial charge in [0.05, 0.1) is 12.0 Å². The first-order valence-corrected chi connectivity index (χ1v) is 4.66. The van der Waals surface area contributed by atoms with Crippen LogP contribution in [0.4, 0.5) is 0 Å². The Kier molecular flexibility index (Phi) is 3.69. The molecule has 0 spiro atoms. The van der Waals surface area contributed by atoms with E-state index in [0.717, 1.165) is 19.3 Å². The van der Waals surface area contributed by atoms with Crippen LogP contribution in [0.1, 0.15) is 32.6 Å². The van der Waals surface area contributed by atoms with Crippen molar-refractivity contribution in [2.45, 2.75) is 45.0 Å². The van der Waals surface area contributed by atoms with Gasteiger partial charge in [-0.15, -0.1) is 0 Å². The molecule has 0 aliphatic heterocycles. The molecule has 1 fully saturated rings. The molecule has 0 aromatic heterocycles. The molecule has 4 heteroatoms. The zero-order valence-electron chi connectivity index (χ0n) is 7.77. The predicted molar refractivity (Wildman–Crippen MR) is 45.7 cm³/mol. The molecule has 4 nitrogen and oxygen atoms in total. The third-order valence-electron chi connectivity index (χ3n) is 2.27. The van der Waals surface area contributed by atoms with Gasteiger partial charge in [-0.2, -0.15) is 0 Å². The van der Waals surface area contributed by atoms with E-state index in [1.54, 1.807) is 0 Å². The van der Waals surface area contributed by atoms with Gasteiger partial charge < -0.3 is 14.9 Å². The fourth-order valence-corrected chi connectivity index (χ4v) is 1.64. The molecule has 2 N–H and O–H groups in total. The Morgan fingerprint density at radius 1 is 1.54 bits per heavy atom. The third kappa shape index (κ3) is 3.32. The van der Waals surface area contributed by atoms with E-state index in [4.69, 9.17) is 5.11 Å². The van der Waals surface area contributed by atoms with E-state index < -0.39 is 12.3 Å². The normalized spacial score (nSPS) is 31.0. The summed E-state index contributed by atoms with van der Waals surface area (Å²) < 4.78 is 4.64. The quantitative estimate of drug-likeness (QED) is 0.487. The molecule has 3 unspecified atom stereocenters. The molecule has 1 saturated carbocycles. The SMILES string of the molecule is CC(O)OC(=O)C1CCCC(O)C1. The molecule has 0 aromatic carbocycles. The smallest absolute Gasteiger partial charge is 0.311 e. The highest BCUT2D eigenvalue weighted by Crippen LogP contribution is 2.25. The number of esters is 1. The Labute approximate surface area is 77.5 Å². The van der Waals surface area contributed by atoms with Crippen LogP contribution in [0.3, 0.4) is 0 Å². The van der Waals surface area contributed by atoms with Crippen molar-refractivity contribution in [1.29, 1.82) is 0 Å². The largest absolute Gasteiger partial charge is 0.436 e. The summed E-state index contributed by atoms with van der Waals surface area (Å²) in [4.78, 5) is 11.3. The summed E-state index contributed by atoms with van der Waals surface area (Å²) in [6.07, 6.45) is 1.39. The van der Waals surface area contributed by atoms with Gasteiger partial charge in [-0.1, -0.05) is 6.42 Å². The first kappa shape index (κ1) is 10.5. The van der Waals surface area contributed by atoms with E-state index in [1.165, 1.54) is 6.92 Å². The van der Waals surface area contributed by atoms with E-state index in [1.807, 2.05) is 0 Å². The Balaban J connectivity index is 2.37. The molecule has 1 rings (SSSR count). The summed E-state index contributed by atoms with van der Waals surface area (Å²) >= 11 is 0. The number of rotatable bonds is 2. The van der Waals surface area contributed by atoms with Crippen LogP contribution in [0, 0.1) is 5.92 Å². The molecule has 0 aromatic rings. The average Bonchev–Trinajstić information content (AvgIpc) is 2.03. The Bertz CT molecular complexity index is 178. The maximum absolute atomic E-state index is 11.3. The van der Waals surface area contributed by atoms with Gasteiger partial charge in [-0.25, -0.2) is 0 Å². The van der Waals surface area contributed by atoms with Gasteiger partial charge in [-0.05, 0) is 26.2 Å². The van der Waals surface area contributed by atoms with Gasteiger partial charge in [-0.3, -0.25) is 4.79 Å². The summed E-state index contributed by atoms with van der Waals surface area (Å²) in [5, 5.41) is 18.1. The number of hydrogen-bond donors (Lipinski definition) is 2. The number of aliphatic hydroxyl groups excluding tert-OH is 2. The minimum absolute atomic E-state index is 0.238. The Hall–Kier alpha value is -0.610. The third-order valence-corrected chi connectivity index (χ3v) is 2.27. The van der Waals surface area contributed by atoms with Crippen molar-refractivity contribution in [3.8, 4) is 0 Å². The first-order chi connectivity index (χ1) is 6.09. The topological polar surface area (TPSA) is 66.8 Å². The van der Waals surface area contributed by atoms with Crippen molar-refractivity contribution in [2.75, 3.05) is 0 Å². The summed E-state index contributed by atoms with van der Waals surface area (Å²) in [5.74, 6) is -0.632. The molecule has 0 saturated heterocycles. The molecular weight excluding hydrogens is 172 g/mol. The maximum atomic E-state index is 11.3. The van der Waals surface area contributed by atoms with Gasteiger partial charge in [0.25, 0.3) is 0 Å². The molecule has 76 valence electrons. The lowest BCUT2D eigenvalue weighted by atomic mass is 9.87. The first-order valence-electron chi connectivity index (χ1n) is 4.66.